The molecule has 6 nitrogen and oxygen atoms in total. The maximum atomic E-state index is 10.9. The third kappa shape index (κ3) is 3.93. The van der Waals surface area contributed by atoms with Crippen LogP contribution in [0.25, 0.3) is 0 Å². The molecule has 0 spiro atoms. The van der Waals surface area contributed by atoms with Gasteiger partial charge in [0, 0.05) is 28.7 Å². The number of carbonyl (C=O) groups is 1. The normalized spacial score (nSPS) is 10.7. The molecule has 0 radical (unpaired) electrons. The number of anilines is 1. The minimum Gasteiger partial charge on any atom is -0.481 e. The van der Waals surface area contributed by atoms with Gasteiger partial charge >= 0.3 is 5.97 Å². The van der Waals surface area contributed by atoms with E-state index in [4.69, 9.17) is 5.11 Å². The average Bonchev–Trinajstić information content (AvgIpc) is 2.31. The lowest BCUT2D eigenvalue weighted by atomic mass is 10.1. The van der Waals surface area contributed by atoms with Crippen LogP contribution in [-0.2, 0) is 4.79 Å². The molecule has 0 saturated carbocycles. The highest BCUT2D eigenvalue weighted by Crippen LogP contribution is 2.34. The van der Waals surface area contributed by atoms with E-state index in [1.165, 1.54) is 6.07 Å². The summed E-state index contributed by atoms with van der Waals surface area (Å²) in [7, 11) is 0. The van der Waals surface area contributed by atoms with Gasteiger partial charge in [0.05, 0.1) is 17.0 Å². The third-order valence-corrected chi connectivity index (χ3v) is 3.60. The predicted octanol–water partition coefficient (Wildman–Crippen LogP) is 3.36. The van der Waals surface area contributed by atoms with Crippen molar-refractivity contribution in [1.29, 1.82) is 0 Å². The Bertz CT molecular complexity index is 531. The number of hydrogen-bond donors (Lipinski definition) is 1. The second kappa shape index (κ2) is 6.69. The van der Waals surface area contributed by atoms with Crippen LogP contribution in [0.4, 0.5) is 11.4 Å². The van der Waals surface area contributed by atoms with E-state index >= 15 is 0 Å². The minimum atomic E-state index is -0.870. The van der Waals surface area contributed by atoms with E-state index in [0.29, 0.717) is 16.6 Å². The van der Waals surface area contributed by atoms with Crippen molar-refractivity contribution in [2.45, 2.75) is 33.2 Å². The first kappa shape index (κ1) is 16.4. The van der Waals surface area contributed by atoms with Gasteiger partial charge in [-0.05, 0) is 42.8 Å². The molecule has 1 aromatic rings. The lowest BCUT2D eigenvalue weighted by molar-refractivity contribution is -0.385. The lowest BCUT2D eigenvalue weighted by Crippen LogP contribution is -2.33. The van der Waals surface area contributed by atoms with Gasteiger partial charge in [-0.15, -0.1) is 0 Å². The highest BCUT2D eigenvalue weighted by atomic mass is 79.9. The monoisotopic (exact) mass is 344 g/mol. The lowest BCUT2D eigenvalue weighted by Gasteiger charge is -2.29. The van der Waals surface area contributed by atoms with E-state index < -0.39 is 10.9 Å². The van der Waals surface area contributed by atoms with Crippen molar-refractivity contribution in [3.8, 4) is 0 Å². The van der Waals surface area contributed by atoms with Crippen molar-refractivity contribution in [3.63, 3.8) is 0 Å². The first-order chi connectivity index (χ1) is 9.23. The van der Waals surface area contributed by atoms with Crippen molar-refractivity contribution in [2.75, 3.05) is 11.4 Å². The summed E-state index contributed by atoms with van der Waals surface area (Å²) in [5, 5.41) is 19.7. The van der Waals surface area contributed by atoms with Crippen molar-refractivity contribution in [2.24, 2.45) is 0 Å². The number of nitro groups is 1. The summed E-state index contributed by atoms with van der Waals surface area (Å²) in [5.74, 6) is -0.870. The van der Waals surface area contributed by atoms with Gasteiger partial charge in [-0.2, -0.15) is 0 Å². The molecule has 0 bridgehead atoms. The predicted molar refractivity (Wildman–Crippen MR) is 80.3 cm³/mol. The number of aryl methyl sites for hydroxylation is 1. The second-order valence-corrected chi connectivity index (χ2v) is 5.63. The number of nitrogens with zero attached hydrogens (tertiary/aromatic N) is 2. The first-order valence-corrected chi connectivity index (χ1v) is 6.96. The van der Waals surface area contributed by atoms with Crippen molar-refractivity contribution in [3.05, 3.63) is 32.3 Å². The summed E-state index contributed by atoms with van der Waals surface area (Å²) in [4.78, 5) is 23.1. The van der Waals surface area contributed by atoms with Gasteiger partial charge in [-0.1, -0.05) is 0 Å². The number of carboxylic acid groups (broad SMARTS) is 1. The van der Waals surface area contributed by atoms with Crippen LogP contribution in [0.5, 0.6) is 0 Å². The van der Waals surface area contributed by atoms with E-state index in [9.17, 15) is 14.9 Å². The van der Waals surface area contributed by atoms with Gasteiger partial charge in [0.25, 0.3) is 5.69 Å². The van der Waals surface area contributed by atoms with E-state index in [1.54, 1.807) is 13.0 Å². The molecule has 1 aromatic carbocycles. The van der Waals surface area contributed by atoms with Gasteiger partial charge in [0.2, 0.25) is 0 Å². The van der Waals surface area contributed by atoms with Crippen LogP contribution in [0.15, 0.2) is 16.6 Å². The molecular weight excluding hydrogens is 328 g/mol. The Morgan fingerprint density at radius 1 is 1.50 bits per heavy atom. The maximum Gasteiger partial charge on any atom is 0.305 e. The summed E-state index contributed by atoms with van der Waals surface area (Å²) < 4.78 is 0.592. The molecule has 0 aliphatic carbocycles. The highest BCUT2D eigenvalue weighted by Gasteiger charge is 2.20. The van der Waals surface area contributed by atoms with E-state index in [2.05, 4.69) is 15.9 Å². The summed E-state index contributed by atoms with van der Waals surface area (Å²) in [6.45, 7) is 5.92. The molecule has 20 heavy (non-hydrogen) atoms. The number of nitro benzene ring substituents is 1. The Morgan fingerprint density at radius 2 is 2.10 bits per heavy atom. The molecule has 0 aliphatic rings. The molecular formula is C13H17BrN2O4. The average molecular weight is 345 g/mol. The molecule has 0 fully saturated rings. The highest BCUT2D eigenvalue weighted by molar-refractivity contribution is 9.10. The van der Waals surface area contributed by atoms with Crippen molar-refractivity contribution < 1.29 is 14.8 Å². The maximum absolute atomic E-state index is 10.9. The smallest absolute Gasteiger partial charge is 0.305 e. The van der Waals surface area contributed by atoms with E-state index in [1.807, 2.05) is 18.7 Å². The summed E-state index contributed by atoms with van der Waals surface area (Å²) in [5.41, 5.74) is 1.36. The zero-order valence-electron chi connectivity index (χ0n) is 11.6. The first-order valence-electron chi connectivity index (χ1n) is 6.17. The fourth-order valence-electron chi connectivity index (χ4n) is 1.95. The Morgan fingerprint density at radius 3 is 2.55 bits per heavy atom. The second-order valence-electron chi connectivity index (χ2n) is 4.78. The standard InChI is InChI=1S/C13H17BrN2O4/c1-8(2)15(5-4-13(17)18)12-6-9(3)11(16(19)20)7-10(12)14/h6-8H,4-5H2,1-3H3,(H,17,18). The zero-order valence-corrected chi connectivity index (χ0v) is 13.2. The topological polar surface area (TPSA) is 83.7 Å². The number of halogens is 1. The Balaban J connectivity index is 3.17. The molecule has 7 heteroatoms. The number of hydrogen-bond acceptors (Lipinski definition) is 4. The molecule has 0 saturated heterocycles. The quantitative estimate of drug-likeness (QED) is 0.631. The molecule has 0 atom stereocenters. The molecule has 0 heterocycles. The molecule has 1 N–H and O–H groups in total. The van der Waals surface area contributed by atoms with Gasteiger partial charge in [0.15, 0.2) is 0 Å². The van der Waals surface area contributed by atoms with Crippen LogP contribution in [0.2, 0.25) is 0 Å². The summed E-state index contributed by atoms with van der Waals surface area (Å²) in [6, 6.07) is 3.26. The molecule has 110 valence electrons. The Labute approximate surface area is 125 Å². The molecule has 0 unspecified atom stereocenters. The van der Waals surface area contributed by atoms with E-state index in [-0.39, 0.29) is 18.2 Å². The zero-order chi connectivity index (χ0) is 15.4. The van der Waals surface area contributed by atoms with Gasteiger partial charge < -0.3 is 10.0 Å². The third-order valence-electron chi connectivity index (χ3n) is 2.96. The SMILES string of the molecule is Cc1cc(N(CCC(=O)O)C(C)C)c(Br)cc1[N+](=O)[O-]. The van der Waals surface area contributed by atoms with Crippen LogP contribution < -0.4 is 4.90 Å². The molecule has 1 rings (SSSR count). The van der Waals surface area contributed by atoms with Gasteiger partial charge in [-0.25, -0.2) is 0 Å². The number of aliphatic carboxylic acids is 1. The molecule has 0 amide bonds. The Kier molecular flexibility index (Phi) is 5.50. The van der Waals surface area contributed by atoms with Crippen molar-refractivity contribution in [1.82, 2.24) is 0 Å². The fourth-order valence-corrected chi connectivity index (χ4v) is 2.50. The van der Waals surface area contributed by atoms with Gasteiger partial charge in [-0.3, -0.25) is 14.9 Å². The van der Waals surface area contributed by atoms with Crippen LogP contribution >= 0.6 is 15.9 Å². The summed E-state index contributed by atoms with van der Waals surface area (Å²) >= 11 is 3.33. The largest absolute Gasteiger partial charge is 0.481 e. The number of rotatable bonds is 6. The summed E-state index contributed by atoms with van der Waals surface area (Å²) in [6.07, 6.45) is 0.0145. The fraction of sp³-hybridized carbons (Fsp3) is 0.462. The number of benzene rings is 1. The van der Waals surface area contributed by atoms with Gasteiger partial charge in [0.1, 0.15) is 0 Å². The van der Waals surface area contributed by atoms with Crippen molar-refractivity contribution >= 4 is 33.3 Å². The van der Waals surface area contributed by atoms with E-state index in [0.717, 1.165) is 5.69 Å². The van der Waals surface area contributed by atoms with Crippen LogP contribution in [0.1, 0.15) is 25.8 Å². The van der Waals surface area contributed by atoms with Crippen LogP contribution in [-0.4, -0.2) is 28.6 Å². The molecule has 0 aliphatic heterocycles. The molecule has 0 aromatic heterocycles. The van der Waals surface area contributed by atoms with Crippen LogP contribution in [0.3, 0.4) is 0 Å². The Hall–Kier alpha value is -1.63. The number of carboxylic acids is 1. The van der Waals surface area contributed by atoms with Crippen LogP contribution in [0, 0.1) is 17.0 Å². The minimum absolute atomic E-state index is 0.0145.